The summed E-state index contributed by atoms with van der Waals surface area (Å²) in [6.45, 7) is 19.5. The van der Waals surface area contributed by atoms with E-state index in [2.05, 4.69) is 71.0 Å². The van der Waals surface area contributed by atoms with Crippen LogP contribution in [-0.4, -0.2) is 37.7 Å². The van der Waals surface area contributed by atoms with Gasteiger partial charge in [0.05, 0.1) is 28.4 Å². The second-order valence-electron chi connectivity index (χ2n) is 12.2. The Hall–Kier alpha value is -4.85. The molecule has 1 N–H and O–H groups in total. The number of nitrogens with one attached hydrogen (secondary N) is 1. The highest BCUT2D eigenvalue weighted by Gasteiger charge is 2.22. The van der Waals surface area contributed by atoms with E-state index in [4.69, 9.17) is 0 Å². The van der Waals surface area contributed by atoms with Crippen LogP contribution in [0.1, 0.15) is 61.9 Å². The molecule has 0 spiro atoms. The lowest BCUT2D eigenvalue weighted by Gasteiger charge is -2.34. The molecule has 2 aromatic heterocycles. The molecule has 0 unspecified atom stereocenters. The van der Waals surface area contributed by atoms with E-state index in [1.807, 2.05) is 18.2 Å². The summed E-state index contributed by atoms with van der Waals surface area (Å²) in [7, 11) is 0. The van der Waals surface area contributed by atoms with E-state index in [0.29, 0.717) is 35.5 Å². The Morgan fingerprint density at radius 3 is 2.52 bits per heavy atom. The van der Waals surface area contributed by atoms with Crippen LogP contribution in [0.15, 0.2) is 104 Å². The Bertz CT molecular complexity index is 1800. The minimum absolute atomic E-state index is 0.311. The van der Waals surface area contributed by atoms with Gasteiger partial charge in [-0.15, -0.1) is 0 Å². The van der Waals surface area contributed by atoms with E-state index >= 15 is 4.39 Å². The van der Waals surface area contributed by atoms with Crippen molar-refractivity contribution in [2.75, 3.05) is 18.4 Å². The van der Waals surface area contributed by atoms with Crippen molar-refractivity contribution in [2.45, 2.75) is 52.4 Å². The average Bonchev–Trinajstić information content (AvgIpc) is 3.50. The summed E-state index contributed by atoms with van der Waals surface area (Å²) in [5.74, 6) is 0.792. The van der Waals surface area contributed by atoms with E-state index in [-0.39, 0.29) is 11.6 Å². The molecule has 1 fully saturated rings. The number of benzene rings is 2. The average molecular weight is 621 g/mol. The molecule has 2 aromatic carbocycles. The van der Waals surface area contributed by atoms with E-state index in [0.717, 1.165) is 60.2 Å². The Balaban J connectivity index is 1.34. The molecule has 5 rings (SSSR count). The van der Waals surface area contributed by atoms with Crippen molar-refractivity contribution in [1.29, 1.82) is 0 Å². The van der Waals surface area contributed by atoms with Gasteiger partial charge in [-0.3, -0.25) is 0 Å². The maximum Gasteiger partial charge on any atom is 0.146 e. The molecule has 0 bridgehead atoms. The number of rotatable bonds is 12. The molecule has 4 aromatic rings. The lowest BCUT2D eigenvalue weighted by atomic mass is 9.85. The van der Waals surface area contributed by atoms with Gasteiger partial charge in [0.25, 0.3) is 0 Å². The number of likely N-dealkylation sites (tertiary alicyclic amines) is 1. The van der Waals surface area contributed by atoms with Gasteiger partial charge < -0.3 is 10.2 Å². The van der Waals surface area contributed by atoms with Crippen molar-refractivity contribution in [3.05, 3.63) is 133 Å². The zero-order valence-corrected chi connectivity index (χ0v) is 26.9. The van der Waals surface area contributed by atoms with Crippen LogP contribution in [0.5, 0.6) is 0 Å². The van der Waals surface area contributed by atoms with E-state index in [1.54, 1.807) is 29.1 Å². The fraction of sp³-hybridized carbons (Fsp3) is 0.289. The van der Waals surface area contributed by atoms with Gasteiger partial charge in [-0.1, -0.05) is 39.7 Å². The zero-order valence-electron chi connectivity index (χ0n) is 26.9. The number of anilines is 2. The predicted molar refractivity (Wildman–Crippen MR) is 185 cm³/mol. The molecule has 1 saturated heterocycles. The first-order valence-electron chi connectivity index (χ1n) is 15.8. The lowest BCUT2D eigenvalue weighted by molar-refractivity contribution is 0.231. The normalized spacial score (nSPS) is 14.6. The number of piperidine rings is 1. The Kier molecular flexibility index (Phi) is 10.3. The second kappa shape index (κ2) is 14.5. The standard InChI is InChI=1S/C38H42F2N6/c1-7-27(6)45-16-13-28(14-17-45)19-30-22-34-37(23-33(30)25(3)4)41-24-42-38(34)43-36-12-10-29(21-35(36)40)20-31-15-18-46(44-31)32(8-2)11-9-26(5)39/h7-12,15,18,21-25,28H,1-2,6,13-14,16-17,19-20H2,3-5H3,(H,41,42,43)/b26-9+,32-11+. The quantitative estimate of drug-likeness (QED) is 0.160. The molecule has 0 radical (unpaired) electrons. The van der Waals surface area contributed by atoms with Gasteiger partial charge in [0, 0.05) is 36.8 Å². The predicted octanol–water partition coefficient (Wildman–Crippen LogP) is 9.28. The van der Waals surface area contributed by atoms with Crippen LogP contribution in [0.3, 0.4) is 0 Å². The smallest absolute Gasteiger partial charge is 0.146 e. The van der Waals surface area contributed by atoms with Crippen molar-refractivity contribution in [2.24, 2.45) is 5.92 Å². The largest absolute Gasteiger partial charge is 0.372 e. The number of aromatic nitrogens is 4. The number of allylic oxidation sites excluding steroid dienone is 6. The Morgan fingerprint density at radius 1 is 1.07 bits per heavy atom. The first-order valence-corrected chi connectivity index (χ1v) is 15.8. The van der Waals surface area contributed by atoms with Gasteiger partial charge in [0.15, 0.2) is 0 Å². The van der Waals surface area contributed by atoms with E-state index < -0.39 is 0 Å². The summed E-state index contributed by atoms with van der Waals surface area (Å²) in [5.41, 5.74) is 6.90. The minimum atomic E-state index is -0.383. The number of hydrogen-bond donors (Lipinski definition) is 1. The highest BCUT2D eigenvalue weighted by Crippen LogP contribution is 2.33. The third-order valence-electron chi connectivity index (χ3n) is 8.56. The molecule has 1 aliphatic heterocycles. The third kappa shape index (κ3) is 7.68. The molecule has 0 atom stereocenters. The summed E-state index contributed by atoms with van der Waals surface area (Å²) >= 11 is 0. The highest BCUT2D eigenvalue weighted by molar-refractivity contribution is 5.92. The van der Waals surface area contributed by atoms with Crippen LogP contribution >= 0.6 is 0 Å². The van der Waals surface area contributed by atoms with Gasteiger partial charge in [-0.05, 0) is 109 Å². The summed E-state index contributed by atoms with van der Waals surface area (Å²) in [6.07, 6.45) is 13.3. The van der Waals surface area contributed by atoms with Crippen LogP contribution in [-0.2, 0) is 12.8 Å². The first-order chi connectivity index (χ1) is 22.1. The summed E-state index contributed by atoms with van der Waals surface area (Å²) in [5, 5.41) is 8.66. The minimum Gasteiger partial charge on any atom is -0.372 e. The maximum atomic E-state index is 15.5. The van der Waals surface area contributed by atoms with Crippen molar-refractivity contribution < 1.29 is 8.78 Å². The molecule has 0 aliphatic carbocycles. The van der Waals surface area contributed by atoms with Gasteiger partial charge in [-0.25, -0.2) is 23.4 Å². The molecule has 1 aliphatic rings. The van der Waals surface area contributed by atoms with E-state index in [1.165, 1.54) is 36.5 Å². The number of halogens is 2. The fourth-order valence-electron chi connectivity index (χ4n) is 5.99. The number of nitrogens with zero attached hydrogens (tertiary/aromatic N) is 5. The SMILES string of the molecule is C=CC(=C)N1CCC(Cc2cc3c(Nc4ccc(Cc5ccn(/C(C=C)=C/C=C(\C)F)n5)cc4F)ncnc3cc2C(C)C)CC1. The van der Waals surface area contributed by atoms with Gasteiger partial charge >= 0.3 is 0 Å². The molecule has 0 amide bonds. The Labute approximate surface area is 270 Å². The van der Waals surface area contributed by atoms with Gasteiger partial charge in [0.1, 0.15) is 18.0 Å². The molecular formula is C38H42F2N6. The topological polar surface area (TPSA) is 58.9 Å². The van der Waals surface area contributed by atoms with Crippen LogP contribution in [0.2, 0.25) is 0 Å². The Morgan fingerprint density at radius 2 is 1.85 bits per heavy atom. The van der Waals surface area contributed by atoms with Crippen molar-refractivity contribution >= 4 is 28.1 Å². The number of hydrogen-bond acceptors (Lipinski definition) is 5. The molecule has 238 valence electrons. The van der Waals surface area contributed by atoms with Crippen LogP contribution < -0.4 is 5.32 Å². The van der Waals surface area contributed by atoms with Gasteiger partial charge in [0.2, 0.25) is 0 Å². The maximum absolute atomic E-state index is 15.5. The second-order valence-corrected chi connectivity index (χ2v) is 12.2. The van der Waals surface area contributed by atoms with Gasteiger partial charge in [-0.2, -0.15) is 5.10 Å². The van der Waals surface area contributed by atoms with Crippen molar-refractivity contribution in [3.8, 4) is 0 Å². The number of fused-ring (bicyclic) bond motifs is 1. The molecule has 6 nitrogen and oxygen atoms in total. The van der Waals surface area contributed by atoms with Crippen LogP contribution in [0.4, 0.5) is 20.3 Å². The molecule has 8 heteroatoms. The monoisotopic (exact) mass is 620 g/mol. The summed E-state index contributed by atoms with van der Waals surface area (Å²) < 4.78 is 30.3. The summed E-state index contributed by atoms with van der Waals surface area (Å²) in [4.78, 5) is 11.4. The van der Waals surface area contributed by atoms with Crippen molar-refractivity contribution in [3.63, 3.8) is 0 Å². The third-order valence-corrected chi connectivity index (χ3v) is 8.56. The lowest BCUT2D eigenvalue weighted by Crippen LogP contribution is -2.33. The fourth-order valence-corrected chi connectivity index (χ4v) is 5.99. The highest BCUT2D eigenvalue weighted by atomic mass is 19.1. The first kappa shape index (κ1) is 32.5. The molecular weight excluding hydrogens is 578 g/mol. The van der Waals surface area contributed by atoms with Crippen LogP contribution in [0, 0.1) is 11.7 Å². The molecule has 0 saturated carbocycles. The van der Waals surface area contributed by atoms with Crippen LogP contribution in [0.25, 0.3) is 16.6 Å². The molecule has 3 heterocycles. The zero-order chi connectivity index (χ0) is 32.8. The summed E-state index contributed by atoms with van der Waals surface area (Å²) in [6, 6.07) is 11.3. The van der Waals surface area contributed by atoms with E-state index in [9.17, 15) is 4.39 Å². The molecule has 46 heavy (non-hydrogen) atoms. The van der Waals surface area contributed by atoms with Crippen molar-refractivity contribution in [1.82, 2.24) is 24.6 Å².